The first kappa shape index (κ1) is 13.5. The van der Waals surface area contributed by atoms with Gasteiger partial charge in [0.1, 0.15) is 0 Å². The van der Waals surface area contributed by atoms with E-state index >= 15 is 0 Å². The lowest BCUT2D eigenvalue weighted by molar-refractivity contribution is -0.132. The Kier molecular flexibility index (Phi) is 3.78. The van der Waals surface area contributed by atoms with Gasteiger partial charge < -0.3 is 15.6 Å². The van der Waals surface area contributed by atoms with E-state index in [1.807, 2.05) is 20.8 Å². The van der Waals surface area contributed by atoms with Gasteiger partial charge in [-0.1, -0.05) is 26.8 Å². The first-order valence-electron chi connectivity index (χ1n) is 5.48. The van der Waals surface area contributed by atoms with Crippen molar-refractivity contribution in [3.8, 4) is 11.5 Å². The fraction of sp³-hybridized carbons (Fsp3) is 0.462. The molecule has 4 nitrogen and oxygen atoms in total. The van der Waals surface area contributed by atoms with Crippen molar-refractivity contribution in [3.05, 3.63) is 23.8 Å². The molecule has 0 spiro atoms. The highest BCUT2D eigenvalue weighted by Gasteiger charge is 2.23. The van der Waals surface area contributed by atoms with Gasteiger partial charge in [0.25, 0.3) is 0 Å². The van der Waals surface area contributed by atoms with Crippen molar-refractivity contribution >= 4 is 5.97 Å². The molecule has 0 aliphatic rings. The molecule has 0 heterocycles. The molecule has 0 aliphatic heterocycles. The fourth-order valence-electron chi connectivity index (χ4n) is 1.47. The van der Waals surface area contributed by atoms with Crippen molar-refractivity contribution in [1.82, 2.24) is 0 Å². The molecule has 0 fully saturated rings. The smallest absolute Gasteiger partial charge is 0.308 e. The summed E-state index contributed by atoms with van der Waals surface area (Å²) in [5.74, 6) is -0.382. The third-order valence-electron chi connectivity index (χ3n) is 2.53. The van der Waals surface area contributed by atoms with Crippen LogP contribution in [-0.2, 0) is 4.79 Å². The molecule has 0 saturated heterocycles. The van der Waals surface area contributed by atoms with Crippen molar-refractivity contribution in [2.75, 3.05) is 0 Å². The molecule has 0 bridgehead atoms. The summed E-state index contributed by atoms with van der Waals surface area (Å²) in [5, 5.41) is 9.72. The predicted octanol–water partition coefficient (Wildman–Crippen LogP) is 2.36. The van der Waals surface area contributed by atoms with Crippen molar-refractivity contribution in [3.63, 3.8) is 0 Å². The predicted molar refractivity (Wildman–Crippen MR) is 65.8 cm³/mol. The van der Waals surface area contributed by atoms with E-state index in [4.69, 9.17) is 10.5 Å². The molecule has 0 unspecified atom stereocenters. The Morgan fingerprint density at radius 3 is 2.41 bits per heavy atom. The van der Waals surface area contributed by atoms with Crippen LogP contribution in [0.25, 0.3) is 0 Å². The topological polar surface area (TPSA) is 72.5 Å². The highest BCUT2D eigenvalue weighted by molar-refractivity contribution is 5.70. The standard InChI is InChI=1S/C13H19NO3/c1-8(15)17-11-6-5-9(7-10(11)16)12(14)13(2,3)4/h5-7,12,16H,14H2,1-4H3/t12-/m0/s1. The number of nitrogens with two attached hydrogens (primary N) is 1. The van der Waals surface area contributed by atoms with Gasteiger partial charge in [0.2, 0.25) is 0 Å². The van der Waals surface area contributed by atoms with E-state index in [1.54, 1.807) is 12.1 Å². The van der Waals surface area contributed by atoms with Gasteiger partial charge in [-0.05, 0) is 23.1 Å². The number of phenolic OH excluding ortho intramolecular Hbond substituents is 1. The zero-order chi connectivity index (χ0) is 13.2. The highest BCUT2D eigenvalue weighted by atomic mass is 16.5. The van der Waals surface area contributed by atoms with Gasteiger partial charge in [0, 0.05) is 13.0 Å². The maximum Gasteiger partial charge on any atom is 0.308 e. The number of hydrogen-bond donors (Lipinski definition) is 2. The van der Waals surface area contributed by atoms with Crippen LogP contribution in [0.3, 0.4) is 0 Å². The maximum atomic E-state index is 10.8. The van der Waals surface area contributed by atoms with Gasteiger partial charge in [-0.25, -0.2) is 0 Å². The fourth-order valence-corrected chi connectivity index (χ4v) is 1.47. The molecule has 17 heavy (non-hydrogen) atoms. The van der Waals surface area contributed by atoms with E-state index in [0.717, 1.165) is 5.56 Å². The maximum absolute atomic E-state index is 10.8. The van der Waals surface area contributed by atoms with Crippen LogP contribution < -0.4 is 10.5 Å². The number of ether oxygens (including phenoxy) is 1. The summed E-state index contributed by atoms with van der Waals surface area (Å²) in [6.45, 7) is 7.35. The third-order valence-corrected chi connectivity index (χ3v) is 2.53. The number of hydrogen-bond acceptors (Lipinski definition) is 4. The average molecular weight is 237 g/mol. The van der Waals surface area contributed by atoms with Crippen LogP contribution in [0, 0.1) is 5.41 Å². The van der Waals surface area contributed by atoms with Crippen molar-refractivity contribution < 1.29 is 14.6 Å². The first-order valence-corrected chi connectivity index (χ1v) is 5.48. The molecule has 1 aromatic rings. The molecule has 1 rings (SSSR count). The summed E-state index contributed by atoms with van der Waals surface area (Å²) in [7, 11) is 0. The zero-order valence-electron chi connectivity index (χ0n) is 10.7. The Bertz CT molecular complexity index is 421. The molecule has 0 saturated carbocycles. The Morgan fingerprint density at radius 1 is 1.41 bits per heavy atom. The third kappa shape index (κ3) is 3.46. The second-order valence-corrected chi connectivity index (χ2v) is 5.16. The average Bonchev–Trinajstić information content (AvgIpc) is 2.18. The number of aromatic hydroxyl groups is 1. The zero-order valence-corrected chi connectivity index (χ0v) is 10.7. The molecule has 4 heteroatoms. The van der Waals surface area contributed by atoms with Crippen molar-refractivity contribution in [1.29, 1.82) is 0 Å². The number of esters is 1. The minimum Gasteiger partial charge on any atom is -0.504 e. The summed E-state index contributed by atoms with van der Waals surface area (Å²) < 4.78 is 4.84. The molecular formula is C13H19NO3. The number of carbonyl (C=O) groups is 1. The van der Waals surface area contributed by atoms with Crippen LogP contribution in [0.1, 0.15) is 39.3 Å². The largest absolute Gasteiger partial charge is 0.504 e. The lowest BCUT2D eigenvalue weighted by atomic mass is 9.83. The Balaban J connectivity index is 3.00. The molecule has 94 valence electrons. The molecule has 0 amide bonds. The number of benzene rings is 1. The number of rotatable bonds is 2. The number of carbonyl (C=O) groups excluding carboxylic acids is 1. The van der Waals surface area contributed by atoms with E-state index in [-0.39, 0.29) is 23.0 Å². The lowest BCUT2D eigenvalue weighted by Crippen LogP contribution is -2.26. The minimum absolute atomic E-state index is 0.0719. The van der Waals surface area contributed by atoms with Crippen LogP contribution in [-0.4, -0.2) is 11.1 Å². The summed E-state index contributed by atoms with van der Waals surface area (Å²) in [6.07, 6.45) is 0. The van der Waals surface area contributed by atoms with E-state index in [0.29, 0.717) is 0 Å². The summed E-state index contributed by atoms with van der Waals surface area (Å²) in [4.78, 5) is 10.8. The van der Waals surface area contributed by atoms with Crippen LogP contribution in [0.2, 0.25) is 0 Å². The van der Waals surface area contributed by atoms with Gasteiger partial charge in [0.05, 0.1) is 0 Å². The quantitative estimate of drug-likeness (QED) is 0.611. The van der Waals surface area contributed by atoms with E-state index in [9.17, 15) is 9.90 Å². The summed E-state index contributed by atoms with van der Waals surface area (Å²) in [5.41, 5.74) is 6.78. The van der Waals surface area contributed by atoms with Gasteiger partial charge in [-0.3, -0.25) is 4.79 Å². The van der Waals surface area contributed by atoms with Crippen LogP contribution >= 0.6 is 0 Å². The second kappa shape index (κ2) is 4.75. The summed E-state index contributed by atoms with van der Waals surface area (Å²) >= 11 is 0. The van der Waals surface area contributed by atoms with Crippen LogP contribution in [0.15, 0.2) is 18.2 Å². The molecule has 1 atom stereocenters. The molecule has 0 radical (unpaired) electrons. The molecule has 0 aliphatic carbocycles. The Labute approximate surface area is 101 Å². The van der Waals surface area contributed by atoms with Crippen LogP contribution in [0.5, 0.6) is 11.5 Å². The van der Waals surface area contributed by atoms with Crippen LogP contribution in [0.4, 0.5) is 0 Å². The normalized spacial score (nSPS) is 13.2. The first-order chi connectivity index (χ1) is 7.71. The monoisotopic (exact) mass is 237 g/mol. The molecule has 1 aromatic carbocycles. The Hall–Kier alpha value is -1.55. The SMILES string of the molecule is CC(=O)Oc1ccc([C@H](N)C(C)(C)C)cc1O. The van der Waals surface area contributed by atoms with Gasteiger partial charge >= 0.3 is 5.97 Å². The van der Waals surface area contributed by atoms with Crippen molar-refractivity contribution in [2.24, 2.45) is 11.1 Å². The molecular weight excluding hydrogens is 218 g/mol. The van der Waals surface area contributed by atoms with Crippen molar-refractivity contribution in [2.45, 2.75) is 33.7 Å². The van der Waals surface area contributed by atoms with Gasteiger partial charge in [0.15, 0.2) is 11.5 Å². The van der Waals surface area contributed by atoms with E-state index < -0.39 is 5.97 Å². The van der Waals surface area contributed by atoms with Gasteiger partial charge in [-0.2, -0.15) is 0 Å². The van der Waals surface area contributed by atoms with E-state index in [1.165, 1.54) is 13.0 Å². The van der Waals surface area contributed by atoms with E-state index in [2.05, 4.69) is 0 Å². The summed E-state index contributed by atoms with van der Waals surface area (Å²) in [6, 6.07) is 4.65. The highest BCUT2D eigenvalue weighted by Crippen LogP contribution is 2.35. The minimum atomic E-state index is -0.465. The van der Waals surface area contributed by atoms with Gasteiger partial charge in [-0.15, -0.1) is 0 Å². The number of phenols is 1. The molecule has 3 N–H and O–H groups in total. The lowest BCUT2D eigenvalue weighted by Gasteiger charge is -2.27. The second-order valence-electron chi connectivity index (χ2n) is 5.16. The molecule has 0 aromatic heterocycles. The Morgan fingerprint density at radius 2 is 2.00 bits per heavy atom.